The van der Waals surface area contributed by atoms with E-state index in [-0.39, 0.29) is 29.1 Å². The van der Waals surface area contributed by atoms with Crippen LogP contribution < -0.4 is 0 Å². The highest BCUT2D eigenvalue weighted by Crippen LogP contribution is 2.22. The predicted octanol–water partition coefficient (Wildman–Crippen LogP) is 0.812. The number of hydrogen-bond donors (Lipinski definition) is 1. The number of hydrogen-bond acceptors (Lipinski definition) is 5. The Bertz CT molecular complexity index is 489. The third-order valence-electron chi connectivity index (χ3n) is 3.27. The zero-order chi connectivity index (χ0) is 13.8. The number of piperidine rings is 1. The standard InChI is InChI=1S/C13H16N2O4/c1-19-13(18)9-3-2-6-15(8-9)12(17)10-4-5-14-7-11(10)16/h4-5,7,9,16H,2-3,6,8H2,1H3. The minimum absolute atomic E-state index is 0.146. The van der Waals surface area contributed by atoms with Crippen molar-refractivity contribution in [3.8, 4) is 5.75 Å². The van der Waals surface area contributed by atoms with E-state index in [0.717, 1.165) is 12.8 Å². The number of carbonyl (C=O) groups is 2. The first kappa shape index (κ1) is 13.3. The Kier molecular flexibility index (Phi) is 3.99. The van der Waals surface area contributed by atoms with Crippen molar-refractivity contribution < 1.29 is 19.4 Å². The summed E-state index contributed by atoms with van der Waals surface area (Å²) in [6.45, 7) is 0.904. The van der Waals surface area contributed by atoms with Crippen LogP contribution in [0.25, 0.3) is 0 Å². The number of likely N-dealkylation sites (tertiary alicyclic amines) is 1. The highest BCUT2D eigenvalue weighted by Gasteiger charge is 2.30. The summed E-state index contributed by atoms with van der Waals surface area (Å²) in [5.41, 5.74) is 0.209. The molecule has 1 N–H and O–H groups in total. The van der Waals surface area contributed by atoms with Crippen LogP contribution in [0.5, 0.6) is 5.75 Å². The maximum absolute atomic E-state index is 12.3. The number of amides is 1. The predicted molar refractivity (Wildman–Crippen MR) is 66.5 cm³/mol. The van der Waals surface area contributed by atoms with Crippen LogP contribution in [0.4, 0.5) is 0 Å². The molecule has 0 saturated carbocycles. The molecule has 0 bridgehead atoms. The normalized spacial score (nSPS) is 19.0. The molecule has 0 aromatic carbocycles. The Labute approximate surface area is 111 Å². The van der Waals surface area contributed by atoms with Crippen molar-refractivity contribution in [2.45, 2.75) is 12.8 Å². The van der Waals surface area contributed by atoms with Gasteiger partial charge in [-0.3, -0.25) is 14.6 Å². The van der Waals surface area contributed by atoms with Gasteiger partial charge in [-0.05, 0) is 18.9 Å². The van der Waals surface area contributed by atoms with E-state index >= 15 is 0 Å². The summed E-state index contributed by atoms with van der Waals surface area (Å²) < 4.78 is 4.71. The molecule has 1 saturated heterocycles. The molecule has 19 heavy (non-hydrogen) atoms. The number of esters is 1. The summed E-state index contributed by atoms with van der Waals surface area (Å²) in [6.07, 6.45) is 4.15. The summed E-state index contributed by atoms with van der Waals surface area (Å²) in [5, 5.41) is 9.63. The van der Waals surface area contributed by atoms with Crippen molar-refractivity contribution in [1.29, 1.82) is 0 Å². The molecule has 0 aliphatic carbocycles. The highest BCUT2D eigenvalue weighted by molar-refractivity contribution is 5.96. The van der Waals surface area contributed by atoms with Gasteiger partial charge in [-0.1, -0.05) is 0 Å². The lowest BCUT2D eigenvalue weighted by molar-refractivity contribution is -0.146. The molecular weight excluding hydrogens is 248 g/mol. The number of rotatable bonds is 2. The first-order chi connectivity index (χ1) is 9.13. The van der Waals surface area contributed by atoms with Gasteiger partial charge in [-0.25, -0.2) is 0 Å². The Morgan fingerprint density at radius 2 is 2.32 bits per heavy atom. The van der Waals surface area contributed by atoms with Crippen molar-refractivity contribution >= 4 is 11.9 Å². The molecule has 1 amide bonds. The SMILES string of the molecule is COC(=O)C1CCCN(C(=O)c2ccncc2O)C1. The second-order valence-electron chi connectivity index (χ2n) is 4.51. The van der Waals surface area contributed by atoms with Gasteiger partial charge >= 0.3 is 5.97 Å². The Hall–Kier alpha value is -2.11. The maximum atomic E-state index is 12.3. The third-order valence-corrected chi connectivity index (χ3v) is 3.27. The second-order valence-corrected chi connectivity index (χ2v) is 4.51. The highest BCUT2D eigenvalue weighted by atomic mass is 16.5. The minimum Gasteiger partial charge on any atom is -0.505 e. The second kappa shape index (κ2) is 5.69. The van der Waals surface area contributed by atoms with Crippen LogP contribution in [-0.4, -0.2) is 47.1 Å². The van der Waals surface area contributed by atoms with Crippen LogP contribution in [0.2, 0.25) is 0 Å². The lowest BCUT2D eigenvalue weighted by atomic mass is 9.97. The van der Waals surface area contributed by atoms with E-state index in [2.05, 4.69) is 4.98 Å². The average molecular weight is 264 g/mol. The lowest BCUT2D eigenvalue weighted by Gasteiger charge is -2.31. The van der Waals surface area contributed by atoms with Gasteiger partial charge < -0.3 is 14.7 Å². The van der Waals surface area contributed by atoms with E-state index in [1.54, 1.807) is 4.90 Å². The van der Waals surface area contributed by atoms with Crippen molar-refractivity contribution in [2.24, 2.45) is 5.92 Å². The Balaban J connectivity index is 2.11. The quantitative estimate of drug-likeness (QED) is 0.800. The van der Waals surface area contributed by atoms with Gasteiger partial charge in [0.15, 0.2) is 0 Å². The number of nitrogens with zero attached hydrogens (tertiary/aromatic N) is 2. The molecule has 6 heteroatoms. The van der Waals surface area contributed by atoms with E-state index in [9.17, 15) is 14.7 Å². The molecule has 1 aromatic rings. The van der Waals surface area contributed by atoms with Crippen molar-refractivity contribution in [3.63, 3.8) is 0 Å². The summed E-state index contributed by atoms with van der Waals surface area (Å²) in [5.74, 6) is -1.01. The van der Waals surface area contributed by atoms with Crippen LogP contribution in [0.3, 0.4) is 0 Å². The molecule has 1 unspecified atom stereocenters. The van der Waals surface area contributed by atoms with Crippen LogP contribution >= 0.6 is 0 Å². The monoisotopic (exact) mass is 264 g/mol. The fraction of sp³-hybridized carbons (Fsp3) is 0.462. The van der Waals surface area contributed by atoms with Gasteiger partial charge in [0.25, 0.3) is 5.91 Å². The first-order valence-electron chi connectivity index (χ1n) is 6.13. The molecule has 2 rings (SSSR count). The minimum atomic E-state index is -0.295. The molecule has 1 aliphatic heterocycles. The smallest absolute Gasteiger partial charge is 0.310 e. The van der Waals surface area contributed by atoms with Crippen molar-refractivity contribution in [1.82, 2.24) is 9.88 Å². The number of pyridine rings is 1. The number of aromatic nitrogens is 1. The van der Waals surface area contributed by atoms with E-state index in [1.165, 1.54) is 25.6 Å². The van der Waals surface area contributed by atoms with Crippen LogP contribution in [0.1, 0.15) is 23.2 Å². The molecule has 1 aromatic heterocycles. The summed E-state index contributed by atoms with van der Waals surface area (Å²) in [4.78, 5) is 29.1. The Morgan fingerprint density at radius 3 is 3.00 bits per heavy atom. The van der Waals surface area contributed by atoms with Gasteiger partial charge in [0, 0.05) is 19.3 Å². The zero-order valence-electron chi connectivity index (χ0n) is 10.7. The number of ether oxygens (including phenoxy) is 1. The molecular formula is C13H16N2O4. The van der Waals surface area contributed by atoms with Crippen LogP contribution in [0, 0.1) is 5.92 Å². The largest absolute Gasteiger partial charge is 0.505 e. The van der Waals surface area contributed by atoms with E-state index in [0.29, 0.717) is 13.1 Å². The van der Waals surface area contributed by atoms with E-state index in [1.807, 2.05) is 0 Å². The van der Waals surface area contributed by atoms with Gasteiger partial charge in [0.2, 0.25) is 0 Å². The molecule has 0 radical (unpaired) electrons. The number of aromatic hydroxyl groups is 1. The van der Waals surface area contributed by atoms with Crippen molar-refractivity contribution in [3.05, 3.63) is 24.0 Å². The first-order valence-corrected chi connectivity index (χ1v) is 6.13. The van der Waals surface area contributed by atoms with E-state index < -0.39 is 0 Å². The average Bonchev–Trinajstić information content (AvgIpc) is 2.46. The lowest BCUT2D eigenvalue weighted by Crippen LogP contribution is -2.42. The molecule has 102 valence electrons. The number of carbonyl (C=O) groups excluding carboxylic acids is 2. The van der Waals surface area contributed by atoms with Gasteiger partial charge in [-0.15, -0.1) is 0 Å². The van der Waals surface area contributed by atoms with Gasteiger partial charge in [0.1, 0.15) is 5.75 Å². The van der Waals surface area contributed by atoms with Crippen molar-refractivity contribution in [2.75, 3.05) is 20.2 Å². The molecule has 0 spiro atoms. The van der Waals surface area contributed by atoms with Gasteiger partial charge in [-0.2, -0.15) is 0 Å². The molecule has 1 atom stereocenters. The zero-order valence-corrected chi connectivity index (χ0v) is 10.7. The van der Waals surface area contributed by atoms with E-state index in [4.69, 9.17) is 4.74 Å². The Morgan fingerprint density at radius 1 is 1.53 bits per heavy atom. The number of methoxy groups -OCH3 is 1. The van der Waals surface area contributed by atoms with Crippen LogP contribution in [-0.2, 0) is 9.53 Å². The summed E-state index contributed by atoms with van der Waals surface area (Å²) >= 11 is 0. The maximum Gasteiger partial charge on any atom is 0.310 e. The fourth-order valence-electron chi connectivity index (χ4n) is 2.26. The molecule has 2 heterocycles. The fourth-order valence-corrected chi connectivity index (χ4v) is 2.26. The van der Waals surface area contributed by atoms with Crippen LogP contribution in [0.15, 0.2) is 18.5 Å². The third kappa shape index (κ3) is 2.83. The molecule has 1 fully saturated rings. The van der Waals surface area contributed by atoms with Gasteiger partial charge in [0.05, 0.1) is 24.8 Å². The topological polar surface area (TPSA) is 79.7 Å². The molecule has 6 nitrogen and oxygen atoms in total. The summed E-state index contributed by atoms with van der Waals surface area (Å²) in [6, 6.07) is 1.47. The summed E-state index contributed by atoms with van der Waals surface area (Å²) in [7, 11) is 1.35. The molecule has 1 aliphatic rings.